The molecule has 0 aliphatic heterocycles. The summed E-state index contributed by atoms with van der Waals surface area (Å²) in [5.74, 6) is -1.99. The highest BCUT2D eigenvalue weighted by Gasteiger charge is 2.25. The van der Waals surface area contributed by atoms with E-state index in [2.05, 4.69) is 10.6 Å². The molecule has 7 heteroatoms. The van der Waals surface area contributed by atoms with Crippen LogP contribution in [-0.4, -0.2) is 29.8 Å². The van der Waals surface area contributed by atoms with Gasteiger partial charge in [-0.3, -0.25) is 14.4 Å². The number of carbonyl (C=O) groups is 3. The first-order valence-electron chi connectivity index (χ1n) is 8.50. The number of carbonyl (C=O) groups excluding carboxylic acids is 3. The lowest BCUT2D eigenvalue weighted by atomic mass is 10.0. The van der Waals surface area contributed by atoms with Gasteiger partial charge in [0, 0.05) is 19.8 Å². The molecular formula is C20H22FN3O3. The Bertz CT molecular complexity index is 794. The molecular weight excluding hydrogens is 349 g/mol. The number of rotatable bonds is 8. The van der Waals surface area contributed by atoms with Gasteiger partial charge in [-0.15, -0.1) is 0 Å². The molecule has 2 atom stereocenters. The van der Waals surface area contributed by atoms with Gasteiger partial charge in [-0.1, -0.05) is 42.5 Å². The molecule has 0 aromatic heterocycles. The Labute approximate surface area is 156 Å². The molecule has 0 saturated heterocycles. The van der Waals surface area contributed by atoms with Gasteiger partial charge in [-0.05, 0) is 23.3 Å². The normalized spacial score (nSPS) is 12.7. The van der Waals surface area contributed by atoms with Gasteiger partial charge in [0.25, 0.3) is 0 Å². The molecule has 2 rings (SSSR count). The number of nitrogens with two attached hydrogens (primary N) is 1. The number of primary amides is 1. The average Bonchev–Trinajstić information content (AvgIpc) is 2.62. The van der Waals surface area contributed by atoms with Crippen molar-refractivity contribution >= 4 is 17.7 Å². The Hall–Kier alpha value is -3.22. The Kier molecular flexibility index (Phi) is 7.05. The highest BCUT2D eigenvalue weighted by molar-refractivity contribution is 5.91. The van der Waals surface area contributed by atoms with Crippen molar-refractivity contribution in [2.75, 3.05) is 0 Å². The van der Waals surface area contributed by atoms with Crippen LogP contribution >= 0.6 is 0 Å². The zero-order valence-corrected chi connectivity index (χ0v) is 14.9. The lowest BCUT2D eigenvalue weighted by Crippen LogP contribution is -2.54. The summed E-state index contributed by atoms with van der Waals surface area (Å²) in [7, 11) is 0. The van der Waals surface area contributed by atoms with E-state index in [9.17, 15) is 18.8 Å². The Morgan fingerprint density at radius 1 is 0.889 bits per heavy atom. The highest BCUT2D eigenvalue weighted by atomic mass is 19.1. The third kappa shape index (κ3) is 6.54. The number of nitrogens with one attached hydrogen (secondary N) is 2. The van der Waals surface area contributed by atoms with Crippen molar-refractivity contribution in [1.82, 2.24) is 10.6 Å². The minimum Gasteiger partial charge on any atom is -0.368 e. The van der Waals surface area contributed by atoms with Crippen LogP contribution in [0.3, 0.4) is 0 Å². The molecule has 4 N–H and O–H groups in total. The molecule has 0 unspecified atom stereocenters. The third-order valence-corrected chi connectivity index (χ3v) is 3.99. The van der Waals surface area contributed by atoms with E-state index in [0.29, 0.717) is 5.56 Å². The average molecular weight is 371 g/mol. The third-order valence-electron chi connectivity index (χ3n) is 3.99. The molecule has 6 nitrogen and oxygen atoms in total. The Morgan fingerprint density at radius 3 is 2.00 bits per heavy atom. The molecule has 0 fully saturated rings. The van der Waals surface area contributed by atoms with Crippen molar-refractivity contribution in [2.45, 2.75) is 31.8 Å². The van der Waals surface area contributed by atoms with Gasteiger partial charge < -0.3 is 16.4 Å². The molecule has 3 amide bonds. The van der Waals surface area contributed by atoms with Gasteiger partial charge in [-0.2, -0.15) is 0 Å². The number of benzene rings is 2. The monoisotopic (exact) mass is 371 g/mol. The topological polar surface area (TPSA) is 101 Å². The molecule has 142 valence electrons. The maximum absolute atomic E-state index is 13.0. The van der Waals surface area contributed by atoms with Crippen LogP contribution in [0.15, 0.2) is 54.6 Å². The minimum atomic E-state index is -0.977. The predicted molar refractivity (Wildman–Crippen MR) is 99.0 cm³/mol. The molecule has 2 aromatic carbocycles. The van der Waals surface area contributed by atoms with E-state index in [4.69, 9.17) is 5.73 Å². The summed E-state index contributed by atoms with van der Waals surface area (Å²) in [5.41, 5.74) is 6.92. The summed E-state index contributed by atoms with van der Waals surface area (Å²) < 4.78 is 13.0. The summed E-state index contributed by atoms with van der Waals surface area (Å²) >= 11 is 0. The van der Waals surface area contributed by atoms with Crippen molar-refractivity contribution in [3.63, 3.8) is 0 Å². The molecule has 0 spiro atoms. The van der Waals surface area contributed by atoms with Crippen LogP contribution in [-0.2, 0) is 27.2 Å². The number of halogens is 1. The van der Waals surface area contributed by atoms with E-state index < -0.39 is 29.7 Å². The Morgan fingerprint density at radius 2 is 1.44 bits per heavy atom. The highest BCUT2D eigenvalue weighted by Crippen LogP contribution is 2.08. The molecule has 0 radical (unpaired) electrons. The molecule has 0 aliphatic rings. The zero-order chi connectivity index (χ0) is 19.8. The van der Waals surface area contributed by atoms with E-state index >= 15 is 0 Å². The van der Waals surface area contributed by atoms with E-state index in [1.165, 1.54) is 31.2 Å². The van der Waals surface area contributed by atoms with Gasteiger partial charge >= 0.3 is 0 Å². The standard InChI is InChI=1S/C20H22FN3O3/c1-13(25)23-18(12-14-5-3-2-4-6-14)20(27)24-17(19(22)26)11-15-7-9-16(21)10-8-15/h2-10,17-18H,11-12H2,1H3,(H2,22,26)(H,23,25)(H,24,27)/t17-,18+/m0/s1. The number of hydrogen-bond donors (Lipinski definition) is 3. The molecule has 0 aliphatic carbocycles. The van der Waals surface area contributed by atoms with Gasteiger partial charge in [0.1, 0.15) is 17.9 Å². The second-order valence-electron chi connectivity index (χ2n) is 6.24. The summed E-state index contributed by atoms with van der Waals surface area (Å²) in [6.07, 6.45) is 0.397. The van der Waals surface area contributed by atoms with Crippen molar-refractivity contribution in [3.8, 4) is 0 Å². The van der Waals surface area contributed by atoms with Crippen LogP contribution in [0, 0.1) is 5.82 Å². The number of hydrogen-bond acceptors (Lipinski definition) is 3. The van der Waals surface area contributed by atoms with Crippen LogP contribution in [0.5, 0.6) is 0 Å². The quantitative estimate of drug-likeness (QED) is 0.647. The maximum Gasteiger partial charge on any atom is 0.243 e. The van der Waals surface area contributed by atoms with Crippen molar-refractivity contribution in [1.29, 1.82) is 0 Å². The molecule has 0 heterocycles. The molecule has 0 bridgehead atoms. The van der Waals surface area contributed by atoms with E-state index in [1.807, 2.05) is 30.3 Å². The first-order valence-corrected chi connectivity index (χ1v) is 8.50. The van der Waals surface area contributed by atoms with Gasteiger partial charge in [0.2, 0.25) is 17.7 Å². The van der Waals surface area contributed by atoms with E-state index in [-0.39, 0.29) is 18.7 Å². The van der Waals surface area contributed by atoms with Gasteiger partial charge in [0.05, 0.1) is 0 Å². The van der Waals surface area contributed by atoms with Crippen LogP contribution in [0.25, 0.3) is 0 Å². The van der Waals surface area contributed by atoms with Crippen molar-refractivity contribution < 1.29 is 18.8 Å². The fourth-order valence-corrected chi connectivity index (χ4v) is 2.66. The molecule has 27 heavy (non-hydrogen) atoms. The molecule has 2 aromatic rings. The van der Waals surface area contributed by atoms with Crippen molar-refractivity contribution in [2.24, 2.45) is 5.73 Å². The second kappa shape index (κ2) is 9.47. The zero-order valence-electron chi connectivity index (χ0n) is 14.9. The van der Waals surface area contributed by atoms with Gasteiger partial charge in [-0.25, -0.2) is 4.39 Å². The second-order valence-corrected chi connectivity index (χ2v) is 6.24. The minimum absolute atomic E-state index is 0.124. The first-order chi connectivity index (χ1) is 12.8. The lowest BCUT2D eigenvalue weighted by molar-refractivity contribution is -0.130. The summed E-state index contributed by atoms with van der Waals surface area (Å²) in [4.78, 5) is 35.9. The van der Waals surface area contributed by atoms with Crippen LogP contribution in [0.4, 0.5) is 4.39 Å². The number of amides is 3. The van der Waals surface area contributed by atoms with E-state index in [1.54, 1.807) is 0 Å². The first kappa shape index (κ1) is 20.1. The largest absolute Gasteiger partial charge is 0.368 e. The fourth-order valence-electron chi connectivity index (χ4n) is 2.66. The van der Waals surface area contributed by atoms with Crippen LogP contribution in [0.2, 0.25) is 0 Å². The fraction of sp³-hybridized carbons (Fsp3) is 0.250. The van der Waals surface area contributed by atoms with Crippen molar-refractivity contribution in [3.05, 3.63) is 71.5 Å². The SMILES string of the molecule is CC(=O)N[C@H](Cc1ccccc1)C(=O)N[C@@H](Cc1ccc(F)cc1)C(N)=O. The van der Waals surface area contributed by atoms with Gasteiger partial charge in [0.15, 0.2) is 0 Å². The summed E-state index contributed by atoms with van der Waals surface area (Å²) in [5, 5.41) is 5.17. The van der Waals surface area contributed by atoms with E-state index in [0.717, 1.165) is 5.56 Å². The smallest absolute Gasteiger partial charge is 0.243 e. The Balaban J connectivity index is 2.10. The lowest BCUT2D eigenvalue weighted by Gasteiger charge is -2.22. The maximum atomic E-state index is 13.0. The molecule has 0 saturated carbocycles. The van der Waals surface area contributed by atoms with Crippen LogP contribution in [0.1, 0.15) is 18.1 Å². The predicted octanol–water partition coefficient (Wildman–Crippen LogP) is 1.09. The van der Waals surface area contributed by atoms with Crippen LogP contribution < -0.4 is 16.4 Å². The summed E-state index contributed by atoms with van der Waals surface area (Å²) in [6.45, 7) is 1.31. The summed E-state index contributed by atoms with van der Waals surface area (Å²) in [6, 6.07) is 12.9.